The molecule has 126 valence electrons. The predicted molar refractivity (Wildman–Crippen MR) is 95.1 cm³/mol. The Morgan fingerprint density at radius 2 is 2.20 bits per heavy atom. The van der Waals surface area contributed by atoms with Crippen molar-refractivity contribution in [2.75, 3.05) is 5.32 Å². The molecule has 0 saturated heterocycles. The lowest BCUT2D eigenvalue weighted by Crippen LogP contribution is -2.19. The highest BCUT2D eigenvalue weighted by Crippen LogP contribution is 2.29. The molecule has 2 heterocycles. The van der Waals surface area contributed by atoms with Gasteiger partial charge in [-0.2, -0.15) is 5.10 Å². The molecule has 3 N–H and O–H groups in total. The van der Waals surface area contributed by atoms with Crippen LogP contribution in [0, 0.1) is 0 Å². The number of anilines is 1. The van der Waals surface area contributed by atoms with Gasteiger partial charge in [0.05, 0.1) is 6.20 Å². The smallest absolute Gasteiger partial charge is 0.274 e. The van der Waals surface area contributed by atoms with Gasteiger partial charge in [-0.25, -0.2) is 0 Å². The van der Waals surface area contributed by atoms with Crippen LogP contribution in [-0.2, 0) is 13.0 Å². The molecular weight excluding hydrogens is 314 g/mol. The van der Waals surface area contributed by atoms with Crippen LogP contribution in [0.3, 0.4) is 0 Å². The van der Waals surface area contributed by atoms with Crippen molar-refractivity contribution in [1.82, 2.24) is 20.5 Å². The van der Waals surface area contributed by atoms with Crippen LogP contribution in [0.1, 0.15) is 39.8 Å². The van der Waals surface area contributed by atoms with Crippen LogP contribution in [0.5, 0.6) is 0 Å². The average Bonchev–Trinajstić information content (AvgIpc) is 3.25. The number of carbonyl (C=O) groups is 1. The monoisotopic (exact) mass is 333 g/mol. The van der Waals surface area contributed by atoms with Crippen molar-refractivity contribution < 1.29 is 4.79 Å². The minimum absolute atomic E-state index is 0.204. The summed E-state index contributed by atoms with van der Waals surface area (Å²) in [6.45, 7) is 0.739. The molecule has 0 saturated carbocycles. The fourth-order valence-electron chi connectivity index (χ4n) is 3.17. The van der Waals surface area contributed by atoms with Crippen LogP contribution in [0.4, 0.5) is 5.69 Å². The topological polar surface area (TPSA) is 82.7 Å². The molecule has 1 amide bonds. The van der Waals surface area contributed by atoms with Crippen LogP contribution < -0.4 is 10.6 Å². The van der Waals surface area contributed by atoms with E-state index in [2.05, 4.69) is 31.9 Å². The Balaban J connectivity index is 1.39. The maximum Gasteiger partial charge on any atom is 0.274 e. The highest BCUT2D eigenvalue weighted by molar-refractivity contribution is 6.02. The molecule has 0 spiro atoms. The minimum Gasteiger partial charge on any atom is -0.321 e. The van der Waals surface area contributed by atoms with Crippen molar-refractivity contribution in [2.24, 2.45) is 0 Å². The molecular formula is C19H19N5O. The molecule has 3 aromatic rings. The van der Waals surface area contributed by atoms with Gasteiger partial charge < -0.3 is 10.6 Å². The van der Waals surface area contributed by atoms with Gasteiger partial charge in [0.15, 0.2) is 0 Å². The van der Waals surface area contributed by atoms with E-state index in [9.17, 15) is 4.79 Å². The van der Waals surface area contributed by atoms with Crippen molar-refractivity contribution in [3.63, 3.8) is 0 Å². The molecule has 4 rings (SSSR count). The fraction of sp³-hybridized carbons (Fsp3) is 0.211. The first-order valence-corrected chi connectivity index (χ1v) is 8.36. The number of nitrogens with zero attached hydrogens (tertiary/aromatic N) is 2. The van der Waals surface area contributed by atoms with Crippen LogP contribution in [0.25, 0.3) is 0 Å². The first-order chi connectivity index (χ1) is 12.3. The Morgan fingerprint density at radius 3 is 3.08 bits per heavy atom. The van der Waals surface area contributed by atoms with E-state index in [1.54, 1.807) is 24.4 Å². The molecule has 6 nitrogen and oxygen atoms in total. The highest BCUT2D eigenvalue weighted by Gasteiger charge is 2.23. The molecule has 25 heavy (non-hydrogen) atoms. The number of nitrogens with one attached hydrogen (secondary N) is 3. The van der Waals surface area contributed by atoms with Crippen molar-refractivity contribution in [3.8, 4) is 0 Å². The van der Waals surface area contributed by atoms with E-state index >= 15 is 0 Å². The van der Waals surface area contributed by atoms with E-state index in [0.717, 1.165) is 30.6 Å². The third kappa shape index (κ3) is 3.44. The van der Waals surface area contributed by atoms with E-state index in [1.165, 1.54) is 11.3 Å². The van der Waals surface area contributed by atoms with E-state index < -0.39 is 0 Å². The molecule has 0 radical (unpaired) electrons. The summed E-state index contributed by atoms with van der Waals surface area (Å²) in [6.07, 6.45) is 5.64. The molecule has 0 bridgehead atoms. The van der Waals surface area contributed by atoms with Crippen LogP contribution in [0.15, 0.2) is 54.9 Å². The third-order valence-electron chi connectivity index (χ3n) is 4.45. The van der Waals surface area contributed by atoms with Crippen molar-refractivity contribution in [2.45, 2.75) is 25.4 Å². The Kier molecular flexibility index (Phi) is 4.26. The lowest BCUT2D eigenvalue weighted by atomic mass is 10.1. The number of benzene rings is 1. The minimum atomic E-state index is -0.204. The second-order valence-corrected chi connectivity index (χ2v) is 6.15. The summed E-state index contributed by atoms with van der Waals surface area (Å²) in [5, 5.41) is 13.6. The number of fused-ring (bicyclic) bond motifs is 1. The van der Waals surface area contributed by atoms with Crippen molar-refractivity contribution >= 4 is 11.6 Å². The van der Waals surface area contributed by atoms with Crippen molar-refractivity contribution in [1.29, 1.82) is 0 Å². The second kappa shape index (κ2) is 6.86. The fourth-order valence-corrected chi connectivity index (χ4v) is 3.17. The zero-order valence-electron chi connectivity index (χ0n) is 13.7. The lowest BCUT2D eigenvalue weighted by molar-refractivity contribution is 0.102. The SMILES string of the molecule is O=C(Nc1cccc(CNC2CCc3[nH]ncc32)c1)c1ccccn1. The van der Waals surface area contributed by atoms with Crippen molar-refractivity contribution in [3.05, 3.63) is 77.4 Å². The predicted octanol–water partition coefficient (Wildman–Crippen LogP) is 2.83. The third-order valence-corrected chi connectivity index (χ3v) is 4.45. The number of H-pyrrole nitrogens is 1. The Morgan fingerprint density at radius 1 is 1.24 bits per heavy atom. The number of aromatic nitrogens is 3. The van der Waals surface area contributed by atoms with Crippen LogP contribution in [-0.4, -0.2) is 21.1 Å². The first kappa shape index (κ1) is 15.5. The van der Waals surface area contributed by atoms with E-state index in [-0.39, 0.29) is 5.91 Å². The zero-order chi connectivity index (χ0) is 17.1. The number of hydrogen-bond donors (Lipinski definition) is 3. The zero-order valence-corrected chi connectivity index (χ0v) is 13.7. The van der Waals surface area contributed by atoms with Gasteiger partial charge >= 0.3 is 0 Å². The quantitative estimate of drug-likeness (QED) is 0.670. The Bertz CT molecular complexity index is 874. The summed E-state index contributed by atoms with van der Waals surface area (Å²) in [7, 11) is 0. The van der Waals surface area contributed by atoms with Gasteiger partial charge in [0.25, 0.3) is 5.91 Å². The molecule has 1 aliphatic rings. The van der Waals surface area contributed by atoms with Gasteiger partial charge in [-0.1, -0.05) is 18.2 Å². The largest absolute Gasteiger partial charge is 0.321 e. The second-order valence-electron chi connectivity index (χ2n) is 6.15. The standard InChI is InChI=1S/C19H19N5O/c25-19(18-6-1-2-9-20-18)23-14-5-3-4-13(10-14)11-21-16-7-8-17-15(16)12-22-24-17/h1-6,9-10,12,16,21H,7-8,11H2,(H,22,24)(H,23,25). The average molecular weight is 333 g/mol. The van der Waals surface area contributed by atoms with E-state index in [1.807, 2.05) is 24.4 Å². The first-order valence-electron chi connectivity index (χ1n) is 8.36. The highest BCUT2D eigenvalue weighted by atomic mass is 16.1. The van der Waals surface area contributed by atoms with Gasteiger partial charge in [-0.15, -0.1) is 0 Å². The molecule has 1 atom stereocenters. The van der Waals surface area contributed by atoms with E-state index in [0.29, 0.717) is 11.7 Å². The number of carbonyl (C=O) groups excluding carboxylic acids is 1. The maximum absolute atomic E-state index is 12.2. The molecule has 1 unspecified atom stereocenters. The van der Waals surface area contributed by atoms with Gasteiger partial charge in [0, 0.05) is 35.7 Å². The number of aromatic amines is 1. The van der Waals surface area contributed by atoms with Gasteiger partial charge in [0.2, 0.25) is 0 Å². The number of pyridine rings is 1. The summed E-state index contributed by atoms with van der Waals surface area (Å²) >= 11 is 0. The number of hydrogen-bond acceptors (Lipinski definition) is 4. The molecule has 1 aliphatic carbocycles. The molecule has 6 heteroatoms. The van der Waals surface area contributed by atoms with Crippen LogP contribution >= 0.6 is 0 Å². The summed E-state index contributed by atoms with van der Waals surface area (Å²) in [6, 6.07) is 13.5. The summed E-state index contributed by atoms with van der Waals surface area (Å²) in [5.74, 6) is -0.204. The van der Waals surface area contributed by atoms with Gasteiger partial charge in [-0.05, 0) is 42.7 Å². The van der Waals surface area contributed by atoms with E-state index in [4.69, 9.17) is 0 Å². The van der Waals surface area contributed by atoms with Crippen LogP contribution in [0.2, 0.25) is 0 Å². The maximum atomic E-state index is 12.2. The molecule has 0 fully saturated rings. The Hall–Kier alpha value is -2.99. The number of rotatable bonds is 5. The normalized spacial score (nSPS) is 15.8. The Labute approximate surface area is 145 Å². The molecule has 0 aliphatic heterocycles. The molecule has 2 aromatic heterocycles. The summed E-state index contributed by atoms with van der Waals surface area (Å²) < 4.78 is 0. The van der Waals surface area contributed by atoms with Gasteiger partial charge in [0.1, 0.15) is 5.69 Å². The molecule has 1 aromatic carbocycles. The van der Waals surface area contributed by atoms with Gasteiger partial charge in [-0.3, -0.25) is 14.9 Å². The number of amides is 1. The lowest BCUT2D eigenvalue weighted by Gasteiger charge is -2.13. The summed E-state index contributed by atoms with van der Waals surface area (Å²) in [4.78, 5) is 16.3. The number of aryl methyl sites for hydroxylation is 1. The summed E-state index contributed by atoms with van der Waals surface area (Å²) in [5.41, 5.74) is 4.79.